The van der Waals surface area contributed by atoms with Crippen LogP contribution < -0.4 is 15.4 Å². The maximum Gasteiger partial charge on any atom is 0.251 e. The number of methoxy groups -OCH3 is 1. The highest BCUT2D eigenvalue weighted by molar-refractivity contribution is 5.95. The van der Waals surface area contributed by atoms with Crippen molar-refractivity contribution in [1.29, 1.82) is 0 Å². The Bertz CT molecular complexity index is 419. The summed E-state index contributed by atoms with van der Waals surface area (Å²) in [5, 5.41) is 6.14. The van der Waals surface area contributed by atoms with Crippen LogP contribution in [0.15, 0.2) is 18.2 Å². The van der Waals surface area contributed by atoms with Gasteiger partial charge in [-0.3, -0.25) is 4.79 Å². The van der Waals surface area contributed by atoms with E-state index in [0.717, 1.165) is 36.5 Å². The molecule has 1 saturated heterocycles. The molecule has 0 bridgehead atoms. The Balaban J connectivity index is 0.00000162. The fourth-order valence-electron chi connectivity index (χ4n) is 1.84. The van der Waals surface area contributed by atoms with Crippen LogP contribution in [0.5, 0.6) is 5.75 Å². The molecule has 1 aromatic rings. The van der Waals surface area contributed by atoms with Crippen LogP contribution in [0.4, 0.5) is 0 Å². The number of hydrogen-bond acceptors (Lipinski definition) is 3. The smallest absolute Gasteiger partial charge is 0.251 e. The van der Waals surface area contributed by atoms with E-state index in [0.29, 0.717) is 5.92 Å². The second-order valence-electron chi connectivity index (χ2n) is 4.42. The summed E-state index contributed by atoms with van der Waals surface area (Å²) in [6.45, 7) is 4.67. The fraction of sp³-hybridized carbons (Fsp3) is 0.462. The number of benzene rings is 1. The molecule has 0 atom stereocenters. The molecule has 0 aliphatic carbocycles. The van der Waals surface area contributed by atoms with Crippen molar-refractivity contribution in [2.24, 2.45) is 5.92 Å². The number of amides is 1. The van der Waals surface area contributed by atoms with E-state index in [4.69, 9.17) is 4.74 Å². The fourth-order valence-corrected chi connectivity index (χ4v) is 1.84. The molecular weight excluding hydrogens is 252 g/mol. The van der Waals surface area contributed by atoms with Crippen LogP contribution in [-0.4, -0.2) is 32.7 Å². The summed E-state index contributed by atoms with van der Waals surface area (Å²) in [6, 6.07) is 5.50. The van der Waals surface area contributed by atoms with E-state index in [1.807, 2.05) is 25.1 Å². The molecule has 18 heavy (non-hydrogen) atoms. The molecule has 5 heteroatoms. The molecule has 0 radical (unpaired) electrons. The minimum atomic E-state index is -0.00273. The molecule has 2 N–H and O–H groups in total. The normalized spacial score (nSPS) is 14.3. The highest BCUT2D eigenvalue weighted by Gasteiger charge is 2.18. The molecular formula is C13H19ClN2O2. The van der Waals surface area contributed by atoms with E-state index in [1.54, 1.807) is 7.11 Å². The lowest BCUT2D eigenvalue weighted by molar-refractivity contribution is 0.0941. The van der Waals surface area contributed by atoms with Crippen LogP contribution in [0.25, 0.3) is 0 Å². The van der Waals surface area contributed by atoms with Crippen molar-refractivity contribution >= 4 is 18.3 Å². The summed E-state index contributed by atoms with van der Waals surface area (Å²) < 4.78 is 5.11. The quantitative estimate of drug-likeness (QED) is 0.869. The number of nitrogens with one attached hydrogen (secondary N) is 2. The largest absolute Gasteiger partial charge is 0.497 e. The van der Waals surface area contributed by atoms with E-state index in [2.05, 4.69) is 10.6 Å². The lowest BCUT2D eigenvalue weighted by Crippen LogP contribution is -2.48. The van der Waals surface area contributed by atoms with Crippen molar-refractivity contribution in [3.8, 4) is 5.75 Å². The number of halogens is 1. The predicted molar refractivity (Wildman–Crippen MR) is 73.7 cm³/mol. The molecule has 4 nitrogen and oxygen atoms in total. The topological polar surface area (TPSA) is 50.4 Å². The molecule has 0 saturated carbocycles. The van der Waals surface area contributed by atoms with E-state index in [1.165, 1.54) is 0 Å². The summed E-state index contributed by atoms with van der Waals surface area (Å²) in [5.74, 6) is 1.36. The second kappa shape index (κ2) is 6.61. The molecule has 1 fully saturated rings. The Morgan fingerprint density at radius 1 is 1.50 bits per heavy atom. The molecule has 0 aromatic heterocycles. The lowest BCUT2D eigenvalue weighted by atomic mass is 10.0. The summed E-state index contributed by atoms with van der Waals surface area (Å²) in [5.41, 5.74) is 1.66. The van der Waals surface area contributed by atoms with Crippen LogP contribution in [0.1, 0.15) is 15.9 Å². The lowest BCUT2D eigenvalue weighted by Gasteiger charge is -2.27. The van der Waals surface area contributed by atoms with Crippen molar-refractivity contribution < 1.29 is 9.53 Å². The number of hydrogen-bond donors (Lipinski definition) is 2. The summed E-state index contributed by atoms with van der Waals surface area (Å²) in [4.78, 5) is 11.9. The summed E-state index contributed by atoms with van der Waals surface area (Å²) in [6.07, 6.45) is 0. The van der Waals surface area contributed by atoms with Gasteiger partial charge in [-0.25, -0.2) is 0 Å². The average Bonchev–Trinajstić information content (AvgIpc) is 2.26. The van der Waals surface area contributed by atoms with Gasteiger partial charge >= 0.3 is 0 Å². The first-order chi connectivity index (χ1) is 8.20. The molecule has 0 spiro atoms. The molecule has 1 aromatic carbocycles. The zero-order valence-corrected chi connectivity index (χ0v) is 11.5. The molecule has 0 unspecified atom stereocenters. The second-order valence-corrected chi connectivity index (χ2v) is 4.42. The molecule has 1 aliphatic rings. The predicted octanol–water partition coefficient (Wildman–Crippen LogP) is 1.37. The molecule has 100 valence electrons. The summed E-state index contributed by atoms with van der Waals surface area (Å²) >= 11 is 0. The van der Waals surface area contributed by atoms with Gasteiger partial charge in [0.05, 0.1) is 7.11 Å². The van der Waals surface area contributed by atoms with Gasteiger partial charge in [-0.15, -0.1) is 12.4 Å². The standard InChI is InChI=1S/C13H18N2O2.ClH/c1-9-5-11(17-2)3-4-12(9)13(16)15-8-10-6-14-7-10;/h3-5,10,14H,6-8H2,1-2H3,(H,15,16);1H. The molecule has 1 heterocycles. The SMILES string of the molecule is COc1ccc(C(=O)NCC2CNC2)c(C)c1.Cl. The van der Waals surface area contributed by atoms with E-state index < -0.39 is 0 Å². The van der Waals surface area contributed by atoms with Crippen molar-refractivity contribution in [1.82, 2.24) is 10.6 Å². The van der Waals surface area contributed by atoms with Crippen LogP contribution in [-0.2, 0) is 0 Å². The number of ether oxygens (including phenoxy) is 1. The number of rotatable bonds is 4. The minimum Gasteiger partial charge on any atom is -0.497 e. The van der Waals surface area contributed by atoms with Gasteiger partial charge < -0.3 is 15.4 Å². The van der Waals surface area contributed by atoms with Crippen molar-refractivity contribution in [3.63, 3.8) is 0 Å². The highest BCUT2D eigenvalue weighted by atomic mass is 35.5. The van der Waals surface area contributed by atoms with Crippen molar-refractivity contribution in [3.05, 3.63) is 29.3 Å². The maximum atomic E-state index is 11.9. The van der Waals surface area contributed by atoms with Gasteiger partial charge in [0.2, 0.25) is 0 Å². The first-order valence-electron chi connectivity index (χ1n) is 5.84. The zero-order chi connectivity index (χ0) is 12.3. The monoisotopic (exact) mass is 270 g/mol. The first-order valence-corrected chi connectivity index (χ1v) is 5.84. The van der Waals surface area contributed by atoms with Crippen molar-refractivity contribution in [2.75, 3.05) is 26.7 Å². The third-order valence-electron chi connectivity index (χ3n) is 3.10. The molecule has 1 aliphatic heterocycles. The Kier molecular flexibility index (Phi) is 5.44. The third kappa shape index (κ3) is 3.37. The summed E-state index contributed by atoms with van der Waals surface area (Å²) in [7, 11) is 1.62. The Labute approximate surface area is 114 Å². The van der Waals surface area contributed by atoms with Gasteiger partial charge in [0.1, 0.15) is 5.75 Å². The number of carbonyl (C=O) groups excluding carboxylic acids is 1. The third-order valence-corrected chi connectivity index (χ3v) is 3.10. The van der Waals surface area contributed by atoms with Gasteiger partial charge in [0, 0.05) is 31.1 Å². The van der Waals surface area contributed by atoms with Gasteiger partial charge in [-0.1, -0.05) is 0 Å². The van der Waals surface area contributed by atoms with Crippen LogP contribution in [0.3, 0.4) is 0 Å². The Morgan fingerprint density at radius 2 is 2.22 bits per heavy atom. The van der Waals surface area contributed by atoms with Gasteiger partial charge in [0.25, 0.3) is 5.91 Å². The van der Waals surface area contributed by atoms with Gasteiger partial charge in [-0.05, 0) is 30.7 Å². The van der Waals surface area contributed by atoms with Gasteiger partial charge in [-0.2, -0.15) is 0 Å². The number of aryl methyl sites for hydroxylation is 1. The van der Waals surface area contributed by atoms with Crippen molar-refractivity contribution in [2.45, 2.75) is 6.92 Å². The minimum absolute atomic E-state index is 0. The number of carbonyl (C=O) groups is 1. The van der Waals surface area contributed by atoms with E-state index >= 15 is 0 Å². The first kappa shape index (κ1) is 14.8. The van der Waals surface area contributed by atoms with Gasteiger partial charge in [0.15, 0.2) is 0 Å². The molecule has 2 rings (SSSR count). The van der Waals surface area contributed by atoms with E-state index in [-0.39, 0.29) is 18.3 Å². The van der Waals surface area contributed by atoms with Crippen LogP contribution in [0.2, 0.25) is 0 Å². The van der Waals surface area contributed by atoms with E-state index in [9.17, 15) is 4.79 Å². The van der Waals surface area contributed by atoms with Crippen LogP contribution in [0, 0.1) is 12.8 Å². The van der Waals surface area contributed by atoms with Crippen LogP contribution >= 0.6 is 12.4 Å². The highest BCUT2D eigenvalue weighted by Crippen LogP contribution is 2.16. The average molecular weight is 271 g/mol. The molecule has 1 amide bonds. The Morgan fingerprint density at radius 3 is 2.72 bits per heavy atom. The zero-order valence-electron chi connectivity index (χ0n) is 10.7. The Hall–Kier alpha value is -1.26. The maximum absolute atomic E-state index is 11.9.